The van der Waals surface area contributed by atoms with Crippen LogP contribution in [0.5, 0.6) is 0 Å². The first kappa shape index (κ1) is 59.2. The van der Waals surface area contributed by atoms with Crippen molar-refractivity contribution in [1.82, 2.24) is 14.0 Å². The summed E-state index contributed by atoms with van der Waals surface area (Å²) in [5, 5.41) is 18.3. The van der Waals surface area contributed by atoms with Gasteiger partial charge in [0.2, 0.25) is 4.29 Å². The number of nitriles is 1. The van der Waals surface area contributed by atoms with Crippen molar-refractivity contribution in [2.24, 2.45) is 0 Å². The highest BCUT2D eigenvalue weighted by Crippen LogP contribution is 2.49. The van der Waals surface area contributed by atoms with E-state index in [1.165, 1.54) is 33.1 Å². The Morgan fingerprint density at radius 1 is 0.667 bits per heavy atom. The third-order valence-electron chi connectivity index (χ3n) is 9.67. The number of halogens is 2. The van der Waals surface area contributed by atoms with Gasteiger partial charge in [-0.3, -0.25) is 14.0 Å². The lowest BCUT2D eigenvalue weighted by Gasteiger charge is -2.37. The Balaban J connectivity index is -0.000000922. The minimum Gasteiger partial charge on any atom is -0.400 e. The number of aliphatic hydroxyl groups is 3. The largest absolute Gasteiger partial charge is 0.400 e. The molecule has 3 aliphatic heterocycles. The molecule has 4 unspecified atom stereocenters. The number of hydrogen-bond donors (Lipinski definition) is 3. The summed E-state index contributed by atoms with van der Waals surface area (Å²) in [6, 6.07) is 2.40. The van der Waals surface area contributed by atoms with Crippen LogP contribution in [0.15, 0.2) is 0 Å². The predicted molar refractivity (Wildman–Crippen MR) is 276 cm³/mol. The molecule has 3 N–H and O–H groups in total. The van der Waals surface area contributed by atoms with E-state index in [9.17, 15) is 8.78 Å². The average molecular weight is 1030 g/mol. The molecule has 3 heterocycles. The first-order chi connectivity index (χ1) is 33.7. The summed E-state index contributed by atoms with van der Waals surface area (Å²) in [6.07, 6.45) is -5.41. The highest BCUT2D eigenvalue weighted by molar-refractivity contribution is 8.02. The Hall–Kier alpha value is 0.665. The lowest BCUT2D eigenvalue weighted by Crippen LogP contribution is -2.39. The molecule has 0 spiro atoms. The van der Waals surface area contributed by atoms with Crippen molar-refractivity contribution < 1.29 is 60.7 Å². The molecule has 23 heteroatoms. The van der Waals surface area contributed by atoms with Gasteiger partial charge in [0.25, 0.3) is 0 Å². The summed E-state index contributed by atoms with van der Waals surface area (Å²) < 4.78 is 115. The van der Waals surface area contributed by atoms with E-state index in [4.69, 9.17) is 69.7 Å². The van der Waals surface area contributed by atoms with Gasteiger partial charge in [0, 0.05) is 78.1 Å². The minimum absolute atomic E-state index is 0.0215. The Morgan fingerprint density at radius 3 is 1.42 bits per heavy atom. The molecule has 0 aromatic rings. The monoisotopic (exact) mass is 1030 g/mol. The fourth-order valence-corrected chi connectivity index (χ4v) is 14.8. The fourth-order valence-electron chi connectivity index (χ4n) is 7.55. The van der Waals surface area contributed by atoms with Crippen molar-refractivity contribution in [3.05, 3.63) is 0 Å². The Kier molecular flexibility index (Phi) is 34.4. The molecule has 386 valence electrons. The van der Waals surface area contributed by atoms with Crippen LogP contribution in [0.4, 0.5) is 8.78 Å². The maximum atomic E-state index is 14.1. The van der Waals surface area contributed by atoms with E-state index in [0.29, 0.717) is 49.3 Å². The molecule has 0 aliphatic carbocycles. The quantitative estimate of drug-likeness (QED) is 0.0476. The van der Waals surface area contributed by atoms with Crippen LogP contribution >= 0.6 is 36.7 Å². The first-order valence-electron chi connectivity index (χ1n) is 25.5. The number of thioether (sulfide) groups is 1. The van der Waals surface area contributed by atoms with E-state index < -0.39 is 91.0 Å². The van der Waals surface area contributed by atoms with Crippen molar-refractivity contribution in [3.8, 4) is 6.07 Å². The smallest absolute Gasteiger partial charge is 0.210 e. The Bertz CT molecular complexity index is 1290. The van der Waals surface area contributed by atoms with Gasteiger partial charge in [-0.25, -0.2) is 8.78 Å². The molecule has 0 aromatic heterocycles. The van der Waals surface area contributed by atoms with Gasteiger partial charge in [-0.05, 0) is 117 Å². The highest BCUT2D eigenvalue weighted by Gasteiger charge is 2.45. The zero-order chi connectivity index (χ0) is 56.6. The molecular weight excluding hydrogens is 928 g/mol. The molecule has 15 atom stereocenters. The van der Waals surface area contributed by atoms with E-state index in [-0.39, 0.29) is 32.7 Å². The van der Waals surface area contributed by atoms with Gasteiger partial charge in [0.05, 0.1) is 45.2 Å². The minimum atomic E-state index is -1.36. The summed E-state index contributed by atoms with van der Waals surface area (Å²) >= 11 is 1.33. The van der Waals surface area contributed by atoms with Crippen LogP contribution in [0, 0.1) is 11.3 Å². The van der Waals surface area contributed by atoms with Crippen LogP contribution in [-0.4, -0.2) is 220 Å². The van der Waals surface area contributed by atoms with Gasteiger partial charge in [0.15, 0.2) is 0 Å². The average Bonchev–Trinajstić information content (AvgIpc) is 3.83. The number of rotatable bonds is 20. The fraction of sp³-hybridized carbons (Fsp3) is 0.977. The lowest BCUT2D eigenvalue weighted by molar-refractivity contribution is -0.111. The number of aliphatic hydroxyl groups excluding tert-OH is 3. The molecule has 0 bridgehead atoms. The summed E-state index contributed by atoms with van der Waals surface area (Å²) in [6.45, 7) is 31.9. The molecule has 6 radical (unpaired) electrons. The Morgan fingerprint density at radius 2 is 1.05 bits per heavy atom. The molecule has 66 heavy (non-hydrogen) atoms. The second-order valence-electron chi connectivity index (χ2n) is 16.7. The molecule has 14 nitrogen and oxygen atoms in total. The summed E-state index contributed by atoms with van der Waals surface area (Å²) in [7, 11) is 18.5. The predicted octanol–water partition coefficient (Wildman–Crippen LogP) is 7.53. The third-order valence-corrected chi connectivity index (χ3v) is 17.2. The highest BCUT2D eigenvalue weighted by atomic mass is 32.2. The van der Waals surface area contributed by atoms with Gasteiger partial charge in [-0.1, -0.05) is 6.90 Å². The number of alkyl halides is 2. The molecule has 3 fully saturated rings. The maximum absolute atomic E-state index is 14.1. The summed E-state index contributed by atoms with van der Waals surface area (Å²) in [4.78, 5) is 0. The van der Waals surface area contributed by atoms with E-state index in [2.05, 4.69) is 119 Å². The van der Waals surface area contributed by atoms with Crippen molar-refractivity contribution >= 4 is 60.2 Å². The van der Waals surface area contributed by atoms with Gasteiger partial charge in [-0.2, -0.15) is 17.0 Å². The zero-order valence-electron chi connectivity index (χ0n) is 49.2. The van der Waals surface area contributed by atoms with Crippen LogP contribution in [0.25, 0.3) is 0 Å². The standard InChI is InChI=1S/C16H30BN2O4P.C12H24BFNO2P.C12H24BFNOPS.3CH4O/c1-11(2)19(12(3)4)24(6)23-14-13(5)22-16(17)15(14)21-10-20-9-7-8-18;1-7(2)15(8(3)4)18(6)17-11-9(5)16-12(13)10(11)14;1-7(2)15(8(3)4)17(6)16-11-9(5)18-12(13)10(11)14;3*1-2/h11-16H,7,9-10H2,1-6H3;2*7-12H,1-6H3;3*2H,1H3/t13-,14?,15+,16-,24?;9-,10+,11-,12-,18?;9-,10+,11-,12-,17?;;;/m111.../s1/i3*5D;3*2T. The van der Waals surface area contributed by atoms with Crippen LogP contribution in [-0.2, 0) is 32.5 Å². The molecule has 3 saturated heterocycles. The van der Waals surface area contributed by atoms with Gasteiger partial charge in [-0.15, -0.1) is 0 Å². The number of ether oxygens (including phenoxy) is 4. The molecule has 0 saturated carbocycles. The number of hydrogen-bond acceptors (Lipinski definition) is 15. The SMILES string of the molecule is [2H]C[C@H]1O[C@@H]([B])[C@@H](F)[C@@H]1OP(C)N(C(C)C)C(C)C.[2H]C[C@H]1O[C@@H]([B])[C@@H](OCOCCC#N)C1OP(C)N(C(C)C)C(C)C.[2H]C[C@H]1S[C@@H]([B])[C@@H](F)[C@@H]1OP(C)N(C(C)C)C(C)C.[3H]OC.[3H]OC.[3H]OC. The molecular formula is C43H90B3F2N4O10P3S. The van der Waals surface area contributed by atoms with E-state index in [1.807, 2.05) is 19.4 Å². The molecule has 3 aliphatic rings. The first-order valence-corrected chi connectivity index (χ1v) is 28.1. The number of nitrogens with zero attached hydrogens (tertiary/aromatic N) is 4. The normalized spacial score (nSPS) is 30.8. The van der Waals surface area contributed by atoms with Crippen LogP contribution < -0.4 is 0 Å². The van der Waals surface area contributed by atoms with Crippen LogP contribution in [0.1, 0.15) is 114 Å². The zero-order valence-corrected chi connectivity index (χ0v) is 46.7. The van der Waals surface area contributed by atoms with E-state index in [0.717, 1.165) is 0 Å². The lowest BCUT2D eigenvalue weighted by atomic mass is 9.93. The van der Waals surface area contributed by atoms with Crippen molar-refractivity contribution in [3.63, 3.8) is 0 Å². The third kappa shape index (κ3) is 24.4. The topological polar surface area (TPSA) is 159 Å². The maximum Gasteiger partial charge on any atom is 0.210 e. The van der Waals surface area contributed by atoms with Gasteiger partial charge < -0.3 is 47.8 Å². The Labute approximate surface area is 421 Å². The van der Waals surface area contributed by atoms with Crippen molar-refractivity contribution in [2.75, 3.05) is 54.7 Å². The molecule has 3 rings (SSSR count). The van der Waals surface area contributed by atoms with Gasteiger partial charge >= 0.3 is 0 Å². The van der Waals surface area contributed by atoms with Crippen LogP contribution in [0.3, 0.4) is 0 Å². The summed E-state index contributed by atoms with van der Waals surface area (Å²) in [5.41, 5.74) is 0. The van der Waals surface area contributed by atoms with Crippen molar-refractivity contribution in [1.29, 1.82) is 9.56 Å². The van der Waals surface area contributed by atoms with E-state index >= 15 is 0 Å². The van der Waals surface area contributed by atoms with Crippen LogP contribution in [0.2, 0.25) is 0 Å². The summed E-state index contributed by atoms with van der Waals surface area (Å²) in [5.74, 6) is 0. The second-order valence-corrected chi connectivity index (χ2v) is 22.9. The molecule has 0 amide bonds. The van der Waals surface area contributed by atoms with E-state index in [1.54, 1.807) is 0 Å². The second kappa shape index (κ2) is 38.3. The van der Waals surface area contributed by atoms with Crippen molar-refractivity contribution in [2.45, 2.75) is 218 Å². The molecule has 0 aromatic carbocycles. The van der Waals surface area contributed by atoms with Gasteiger partial charge in [0.1, 0.15) is 84.1 Å².